The van der Waals surface area contributed by atoms with E-state index in [4.69, 9.17) is 0 Å². The first kappa shape index (κ1) is 33.3. The summed E-state index contributed by atoms with van der Waals surface area (Å²) < 4.78 is 0. The minimum atomic E-state index is -0.556. The molecule has 2 aliphatic rings. The van der Waals surface area contributed by atoms with E-state index in [-0.39, 0.29) is 36.5 Å². The Morgan fingerprint density at radius 2 is 1.20 bits per heavy atom. The fourth-order valence-corrected chi connectivity index (χ4v) is 7.19. The lowest BCUT2D eigenvalue weighted by Gasteiger charge is -2.24. The maximum atomic E-state index is 13.4. The summed E-state index contributed by atoms with van der Waals surface area (Å²) in [4.78, 5) is 59.4. The lowest BCUT2D eigenvalue weighted by atomic mass is 10.1. The number of anilines is 2. The minimum Gasteiger partial charge on any atom is -0.353 e. The molecule has 2 aliphatic heterocycles. The largest absolute Gasteiger partial charge is 0.353 e. The summed E-state index contributed by atoms with van der Waals surface area (Å²) in [6.07, 6.45) is 3.24. The molecule has 0 radical (unpaired) electrons. The van der Waals surface area contributed by atoms with Gasteiger partial charge in [0, 0.05) is 35.4 Å². The van der Waals surface area contributed by atoms with Crippen LogP contribution in [0, 0.1) is 11.3 Å². The molecule has 0 unspecified atom stereocenters. The maximum absolute atomic E-state index is 13.4. The molecule has 5 aromatic rings. The standard InChI is InChI=1S/C41H38N6O4/c42-26-33-32-25-31(44-41(51)36-14-8-22-47(36)38(49)24-28-11-5-2-6-12-28)19-20-34(32)45-39(33)29-15-17-30(18-16-29)43-40(50)35-13-7-21-46(35)37(48)23-27-9-3-1-4-10-27/h1-6,9-12,15-20,25,35-36,45H,7-8,13-14,21-24H2,(H,43,50)(H,44,51)/t35-,36-/m0/s1. The smallest absolute Gasteiger partial charge is 0.247 e. The van der Waals surface area contributed by atoms with Crippen molar-refractivity contribution in [3.05, 3.63) is 120 Å². The van der Waals surface area contributed by atoms with Gasteiger partial charge in [-0.1, -0.05) is 72.8 Å². The predicted molar refractivity (Wildman–Crippen MR) is 195 cm³/mol. The molecular weight excluding hydrogens is 640 g/mol. The van der Waals surface area contributed by atoms with Crippen LogP contribution < -0.4 is 10.6 Å². The van der Waals surface area contributed by atoms with Crippen molar-refractivity contribution in [2.45, 2.75) is 50.6 Å². The molecule has 2 saturated heterocycles. The highest BCUT2D eigenvalue weighted by atomic mass is 16.2. The molecule has 4 aromatic carbocycles. The number of nitrogens with one attached hydrogen (secondary N) is 3. The quantitative estimate of drug-likeness (QED) is 0.174. The van der Waals surface area contributed by atoms with Gasteiger partial charge in [-0.2, -0.15) is 5.26 Å². The number of amides is 4. The fourth-order valence-electron chi connectivity index (χ4n) is 7.19. The van der Waals surface area contributed by atoms with E-state index in [1.165, 1.54) is 0 Å². The van der Waals surface area contributed by atoms with Gasteiger partial charge in [0.2, 0.25) is 23.6 Å². The third kappa shape index (κ3) is 7.24. The first-order valence-corrected chi connectivity index (χ1v) is 17.3. The van der Waals surface area contributed by atoms with Gasteiger partial charge in [0.25, 0.3) is 0 Å². The fraction of sp³-hybridized carbons (Fsp3) is 0.244. The van der Waals surface area contributed by atoms with Gasteiger partial charge in [-0.3, -0.25) is 19.2 Å². The minimum absolute atomic E-state index is 0.0609. The second-order valence-corrected chi connectivity index (χ2v) is 13.1. The molecule has 0 spiro atoms. The molecule has 256 valence electrons. The second-order valence-electron chi connectivity index (χ2n) is 13.1. The Bertz CT molecular complexity index is 2120. The van der Waals surface area contributed by atoms with Gasteiger partial charge in [0.15, 0.2) is 0 Å². The number of fused-ring (bicyclic) bond motifs is 1. The van der Waals surface area contributed by atoms with Gasteiger partial charge < -0.3 is 25.4 Å². The van der Waals surface area contributed by atoms with Gasteiger partial charge in [0.1, 0.15) is 18.2 Å². The number of carbonyl (C=O) groups is 4. The molecule has 1 aromatic heterocycles. The van der Waals surface area contributed by atoms with Crippen molar-refractivity contribution in [2.24, 2.45) is 0 Å². The monoisotopic (exact) mass is 678 g/mol. The summed E-state index contributed by atoms with van der Waals surface area (Å²) in [6, 6.07) is 32.9. The zero-order valence-electron chi connectivity index (χ0n) is 28.1. The highest BCUT2D eigenvalue weighted by molar-refractivity contribution is 6.02. The van der Waals surface area contributed by atoms with Crippen molar-refractivity contribution in [1.29, 1.82) is 5.26 Å². The summed E-state index contributed by atoms with van der Waals surface area (Å²) in [5.41, 5.74) is 5.50. The third-order valence-corrected chi connectivity index (χ3v) is 9.77. The number of benzene rings is 4. The van der Waals surface area contributed by atoms with Gasteiger partial charge in [-0.05, 0) is 72.7 Å². The number of aromatic amines is 1. The molecule has 0 saturated carbocycles. The second kappa shape index (κ2) is 14.7. The van der Waals surface area contributed by atoms with Crippen molar-refractivity contribution in [1.82, 2.24) is 14.8 Å². The number of aromatic nitrogens is 1. The van der Waals surface area contributed by atoms with E-state index in [0.29, 0.717) is 53.9 Å². The molecule has 0 aliphatic carbocycles. The Hall–Kier alpha value is -6.21. The third-order valence-electron chi connectivity index (χ3n) is 9.77. The van der Waals surface area contributed by atoms with Crippen LogP contribution in [0.5, 0.6) is 0 Å². The van der Waals surface area contributed by atoms with Gasteiger partial charge >= 0.3 is 0 Å². The predicted octanol–water partition coefficient (Wildman–Crippen LogP) is 6.05. The molecular formula is C41H38N6O4. The highest BCUT2D eigenvalue weighted by Gasteiger charge is 2.35. The lowest BCUT2D eigenvalue weighted by molar-refractivity contribution is -0.136. The van der Waals surface area contributed by atoms with Crippen molar-refractivity contribution in [3.63, 3.8) is 0 Å². The summed E-state index contributed by atoms with van der Waals surface area (Å²) in [7, 11) is 0. The molecule has 0 bridgehead atoms. The van der Waals surface area contributed by atoms with Crippen molar-refractivity contribution in [2.75, 3.05) is 23.7 Å². The Balaban J connectivity index is 1.01. The lowest BCUT2D eigenvalue weighted by Crippen LogP contribution is -2.43. The van der Waals surface area contributed by atoms with E-state index in [1.54, 1.807) is 34.1 Å². The average Bonchev–Trinajstić information content (AvgIpc) is 3.92. The molecule has 51 heavy (non-hydrogen) atoms. The van der Waals surface area contributed by atoms with Crippen LogP contribution in [0.3, 0.4) is 0 Å². The van der Waals surface area contributed by atoms with Crippen LogP contribution in [0.25, 0.3) is 22.2 Å². The summed E-state index contributed by atoms with van der Waals surface area (Å²) in [5.74, 6) is -0.604. The molecule has 10 heteroatoms. The number of likely N-dealkylation sites (tertiary alicyclic amines) is 2. The average molecular weight is 679 g/mol. The number of nitrogens with zero attached hydrogens (tertiary/aromatic N) is 3. The van der Waals surface area contributed by atoms with Gasteiger partial charge in [0.05, 0.1) is 24.1 Å². The first-order valence-electron chi connectivity index (χ1n) is 17.3. The van der Waals surface area contributed by atoms with Crippen LogP contribution in [0.15, 0.2) is 103 Å². The van der Waals surface area contributed by atoms with Crippen LogP contribution in [0.1, 0.15) is 42.4 Å². The van der Waals surface area contributed by atoms with Crippen molar-refractivity contribution < 1.29 is 19.2 Å². The van der Waals surface area contributed by atoms with Crippen molar-refractivity contribution in [3.8, 4) is 17.3 Å². The Labute approximate surface area is 296 Å². The first-order chi connectivity index (χ1) is 24.9. The molecule has 10 nitrogen and oxygen atoms in total. The Kier molecular flexibility index (Phi) is 9.61. The SMILES string of the molecule is N#Cc1c(-c2ccc(NC(=O)[C@@H]3CCCN3C(=O)Cc3ccccc3)cc2)[nH]c2ccc(NC(=O)[C@@H]3CCCN3C(=O)Cc3ccccc3)cc12. The number of nitriles is 1. The van der Waals surface area contributed by atoms with E-state index in [1.807, 2.05) is 78.9 Å². The Morgan fingerprint density at radius 3 is 1.73 bits per heavy atom. The van der Waals surface area contributed by atoms with Gasteiger partial charge in [-0.15, -0.1) is 0 Å². The summed E-state index contributed by atoms with van der Waals surface area (Å²) in [5, 5.41) is 16.8. The molecule has 7 rings (SSSR count). The zero-order chi connectivity index (χ0) is 35.3. The van der Waals surface area contributed by atoms with Gasteiger partial charge in [-0.25, -0.2) is 0 Å². The van der Waals surface area contributed by atoms with Crippen LogP contribution in [0.4, 0.5) is 11.4 Å². The van der Waals surface area contributed by atoms with E-state index in [0.717, 1.165) is 35.0 Å². The van der Waals surface area contributed by atoms with E-state index >= 15 is 0 Å². The molecule has 2 fully saturated rings. The number of H-pyrrole nitrogens is 1. The topological polar surface area (TPSA) is 138 Å². The number of rotatable bonds is 9. The normalized spacial score (nSPS) is 16.9. The zero-order valence-corrected chi connectivity index (χ0v) is 28.1. The summed E-state index contributed by atoms with van der Waals surface area (Å²) in [6.45, 7) is 1.09. The molecule has 2 atom stereocenters. The number of carbonyl (C=O) groups excluding carboxylic acids is 4. The molecule has 3 heterocycles. The number of hydrogen-bond donors (Lipinski definition) is 3. The van der Waals surface area contributed by atoms with Crippen LogP contribution in [-0.2, 0) is 32.0 Å². The van der Waals surface area contributed by atoms with E-state index in [2.05, 4.69) is 21.7 Å². The van der Waals surface area contributed by atoms with Crippen molar-refractivity contribution >= 4 is 45.9 Å². The summed E-state index contributed by atoms with van der Waals surface area (Å²) >= 11 is 0. The van der Waals surface area contributed by atoms with Crippen LogP contribution in [0.2, 0.25) is 0 Å². The molecule has 4 amide bonds. The van der Waals surface area contributed by atoms with Crippen LogP contribution in [-0.4, -0.2) is 63.6 Å². The van der Waals surface area contributed by atoms with E-state index < -0.39 is 12.1 Å². The molecule has 3 N–H and O–H groups in total. The van der Waals surface area contributed by atoms with E-state index in [9.17, 15) is 24.4 Å². The Morgan fingerprint density at radius 1 is 0.686 bits per heavy atom. The van der Waals surface area contributed by atoms with Crippen LogP contribution >= 0.6 is 0 Å². The highest BCUT2D eigenvalue weighted by Crippen LogP contribution is 2.33. The maximum Gasteiger partial charge on any atom is 0.247 e. The number of hydrogen-bond acceptors (Lipinski definition) is 5.